The van der Waals surface area contributed by atoms with Gasteiger partial charge >= 0.3 is 0 Å². The molecule has 0 saturated heterocycles. The van der Waals surface area contributed by atoms with E-state index in [1.807, 2.05) is 11.3 Å². The molecule has 0 radical (unpaired) electrons. The van der Waals surface area contributed by atoms with E-state index in [0.717, 1.165) is 12.8 Å². The van der Waals surface area contributed by atoms with Gasteiger partial charge in [0, 0.05) is 54.3 Å². The van der Waals surface area contributed by atoms with E-state index in [9.17, 15) is 0 Å². The van der Waals surface area contributed by atoms with Crippen molar-refractivity contribution in [1.82, 2.24) is 0 Å². The Balaban J connectivity index is 1.18. The zero-order valence-corrected chi connectivity index (χ0v) is 48.4. The van der Waals surface area contributed by atoms with Gasteiger partial charge in [0.1, 0.15) is 0 Å². The summed E-state index contributed by atoms with van der Waals surface area (Å²) in [5.41, 5.74) is 28.0. The van der Waals surface area contributed by atoms with E-state index < -0.39 is 0 Å². The van der Waals surface area contributed by atoms with E-state index >= 15 is 0 Å². The Labute approximate surface area is 447 Å². The minimum atomic E-state index is -0.120. The van der Waals surface area contributed by atoms with Crippen molar-refractivity contribution in [2.45, 2.75) is 181 Å². The molecule has 0 bridgehead atoms. The Morgan fingerprint density at radius 3 is 1.49 bits per heavy atom. The molecule has 0 spiro atoms. The lowest BCUT2D eigenvalue weighted by molar-refractivity contribution is 0.332. The molecule has 3 aliphatic carbocycles. The van der Waals surface area contributed by atoms with E-state index in [1.165, 1.54) is 145 Å². The molecule has 376 valence electrons. The number of nitrogens with zero attached hydrogens (tertiary/aromatic N) is 2. The monoisotopic (exact) mass is 989 g/mol. The largest absolute Gasteiger partial charge is 0.311 e. The van der Waals surface area contributed by atoms with Gasteiger partial charge in [-0.05, 0) is 204 Å². The number of aryl methyl sites for hydroxylation is 2. The lowest BCUT2D eigenvalue weighted by atomic mass is 9.33. The number of thiophene rings is 1. The number of hydrogen-bond acceptors (Lipinski definition) is 3. The Morgan fingerprint density at radius 1 is 0.446 bits per heavy atom. The second-order valence-electron chi connectivity index (χ2n) is 28.8. The topological polar surface area (TPSA) is 6.48 Å². The number of benzene rings is 7. The van der Waals surface area contributed by atoms with Crippen molar-refractivity contribution in [3.05, 3.63) is 159 Å². The van der Waals surface area contributed by atoms with Crippen molar-refractivity contribution in [1.29, 1.82) is 0 Å². The minimum absolute atomic E-state index is 0.00811. The summed E-state index contributed by atoms with van der Waals surface area (Å²) < 4.78 is 2.69. The first-order valence-electron chi connectivity index (χ1n) is 27.9. The molecular formula is C70H77BN2S. The van der Waals surface area contributed by atoms with Crippen molar-refractivity contribution >= 4 is 88.7 Å². The van der Waals surface area contributed by atoms with Crippen LogP contribution in [0.3, 0.4) is 0 Å². The van der Waals surface area contributed by atoms with Gasteiger partial charge in [-0.15, -0.1) is 11.3 Å². The third-order valence-corrected chi connectivity index (χ3v) is 20.6. The molecule has 0 unspecified atom stereocenters. The lowest BCUT2D eigenvalue weighted by Gasteiger charge is -2.48. The summed E-state index contributed by atoms with van der Waals surface area (Å²) in [5, 5.41) is 2.71. The molecule has 8 aromatic rings. The summed E-state index contributed by atoms with van der Waals surface area (Å²) >= 11 is 1.91. The molecule has 0 saturated carbocycles. The lowest BCUT2D eigenvalue weighted by Crippen LogP contribution is -2.62. The van der Waals surface area contributed by atoms with Gasteiger partial charge in [0.2, 0.25) is 0 Å². The fourth-order valence-electron chi connectivity index (χ4n) is 15.9. The van der Waals surface area contributed by atoms with Crippen LogP contribution >= 0.6 is 11.3 Å². The quantitative estimate of drug-likeness (QED) is 0.163. The molecule has 4 heteroatoms. The molecule has 2 aliphatic heterocycles. The molecule has 7 aromatic carbocycles. The maximum atomic E-state index is 2.78. The highest BCUT2D eigenvalue weighted by Gasteiger charge is 2.50. The van der Waals surface area contributed by atoms with Gasteiger partial charge in [0.05, 0.1) is 0 Å². The van der Waals surface area contributed by atoms with E-state index in [2.05, 4.69) is 237 Å². The SMILES string of the molecule is Cc1cc2c(cc1N1c3ccc(-c4cccc5sc6ccccc6c45)cc3B3c4cc5c(cc4N(c4cc6c(cc4C)C(C)(C)CC6(C)C)c4cc(C(C)(C)C)cc1c43)C(C)(C)CCC5(C)C)C(C)(C)CC2(C)C. The van der Waals surface area contributed by atoms with Crippen LogP contribution in [0.15, 0.2) is 109 Å². The fraction of sp³-hybridized carbons (Fsp3) is 0.400. The van der Waals surface area contributed by atoms with Crippen molar-refractivity contribution < 1.29 is 0 Å². The first-order chi connectivity index (χ1) is 34.6. The van der Waals surface area contributed by atoms with Crippen LogP contribution in [0.1, 0.15) is 180 Å². The van der Waals surface area contributed by atoms with Gasteiger partial charge in [-0.25, -0.2) is 0 Å². The molecule has 0 atom stereocenters. The highest BCUT2D eigenvalue weighted by Crippen LogP contribution is 2.57. The molecule has 74 heavy (non-hydrogen) atoms. The molecule has 0 fully saturated rings. The van der Waals surface area contributed by atoms with E-state index in [1.54, 1.807) is 0 Å². The van der Waals surface area contributed by atoms with E-state index in [0.29, 0.717) is 0 Å². The molecule has 0 amide bonds. The average Bonchev–Trinajstić information content (AvgIpc) is 3.86. The summed E-state index contributed by atoms with van der Waals surface area (Å²) in [4.78, 5) is 5.51. The average molecular weight is 989 g/mol. The van der Waals surface area contributed by atoms with Crippen LogP contribution in [-0.4, -0.2) is 6.71 Å². The van der Waals surface area contributed by atoms with Crippen LogP contribution < -0.4 is 26.2 Å². The highest BCUT2D eigenvalue weighted by atomic mass is 32.1. The standard InChI is InChI=1S/C70H77BN2S/c1-40-29-46-50(69(14,15)38-67(46,10)11)35-55(40)72-54-26-25-42(44-22-20-24-61-62(44)45-21-18-19-23-60(45)74-61)31-52(54)71-53-34-48-49(66(8,9)28-27-65(48,6)7)37-57(53)73(59-33-43(64(3,4)5)32-58(72)63(59)71)56-36-51-47(30-41(56)2)68(12,13)39-70(51,16)17/h18-26,29-37H,27-28,38-39H2,1-17H3. The maximum Gasteiger partial charge on any atom is 0.252 e. The molecule has 1 aromatic heterocycles. The van der Waals surface area contributed by atoms with Crippen LogP contribution in [0, 0.1) is 13.8 Å². The molecule has 0 N–H and O–H groups in total. The van der Waals surface area contributed by atoms with Crippen molar-refractivity contribution in [3.8, 4) is 11.1 Å². The molecule has 3 heterocycles. The van der Waals surface area contributed by atoms with Crippen LogP contribution in [0.2, 0.25) is 0 Å². The minimum Gasteiger partial charge on any atom is -0.311 e. The Morgan fingerprint density at radius 2 is 0.919 bits per heavy atom. The molecular weight excluding hydrogens is 912 g/mol. The smallest absolute Gasteiger partial charge is 0.252 e. The summed E-state index contributed by atoms with van der Waals surface area (Å²) in [6.45, 7) is 41.8. The molecule has 2 nitrogen and oxygen atoms in total. The number of anilines is 6. The second kappa shape index (κ2) is 15.1. The molecule has 5 aliphatic rings. The van der Waals surface area contributed by atoms with Gasteiger partial charge < -0.3 is 9.80 Å². The fourth-order valence-corrected chi connectivity index (χ4v) is 17.0. The number of hydrogen-bond donors (Lipinski definition) is 0. The van der Waals surface area contributed by atoms with Gasteiger partial charge in [-0.1, -0.05) is 165 Å². The normalized spacial score (nSPS) is 19.8. The Hall–Kier alpha value is -5.58. The van der Waals surface area contributed by atoms with E-state index in [4.69, 9.17) is 0 Å². The predicted molar refractivity (Wildman–Crippen MR) is 324 cm³/mol. The van der Waals surface area contributed by atoms with E-state index in [-0.39, 0.29) is 44.6 Å². The number of fused-ring (bicyclic) bond motifs is 10. The highest BCUT2D eigenvalue weighted by molar-refractivity contribution is 7.26. The van der Waals surface area contributed by atoms with Crippen LogP contribution in [-0.2, 0) is 37.9 Å². The van der Waals surface area contributed by atoms with Crippen molar-refractivity contribution in [2.75, 3.05) is 9.80 Å². The van der Waals surface area contributed by atoms with Gasteiger partial charge in [0.15, 0.2) is 0 Å². The van der Waals surface area contributed by atoms with Gasteiger partial charge in [-0.3, -0.25) is 0 Å². The van der Waals surface area contributed by atoms with Crippen molar-refractivity contribution in [2.24, 2.45) is 0 Å². The van der Waals surface area contributed by atoms with Gasteiger partial charge in [-0.2, -0.15) is 0 Å². The maximum absolute atomic E-state index is 2.78. The summed E-state index contributed by atoms with van der Waals surface area (Å²) in [7, 11) is 0. The summed E-state index contributed by atoms with van der Waals surface area (Å²) in [6, 6.07) is 44.7. The second-order valence-corrected chi connectivity index (χ2v) is 29.9. The third kappa shape index (κ3) is 6.74. The first kappa shape index (κ1) is 48.1. The summed E-state index contributed by atoms with van der Waals surface area (Å²) in [6.07, 6.45) is 4.61. The third-order valence-electron chi connectivity index (χ3n) is 19.5. The summed E-state index contributed by atoms with van der Waals surface area (Å²) in [5.74, 6) is 0. The van der Waals surface area contributed by atoms with Gasteiger partial charge in [0.25, 0.3) is 6.71 Å². The van der Waals surface area contributed by atoms with Crippen molar-refractivity contribution in [3.63, 3.8) is 0 Å². The van der Waals surface area contributed by atoms with Crippen LogP contribution in [0.5, 0.6) is 0 Å². The zero-order chi connectivity index (χ0) is 52.4. The zero-order valence-electron chi connectivity index (χ0n) is 47.6. The first-order valence-corrected chi connectivity index (χ1v) is 28.7. The van der Waals surface area contributed by atoms with Crippen LogP contribution in [0.4, 0.5) is 34.1 Å². The Kier molecular flexibility index (Phi) is 9.80. The number of rotatable bonds is 3. The molecule has 13 rings (SSSR count). The predicted octanol–water partition coefficient (Wildman–Crippen LogP) is 18.0. The van der Waals surface area contributed by atoms with Crippen LogP contribution in [0.25, 0.3) is 31.3 Å². The Bertz CT molecular complexity index is 3770.